The van der Waals surface area contributed by atoms with Crippen molar-refractivity contribution in [3.63, 3.8) is 0 Å². The van der Waals surface area contributed by atoms with Crippen LogP contribution >= 0.6 is 0 Å². The standard InChI is InChI=1S/C10H15BO6/c1-14-9-7-5-4-6-8(9)10(15-2,16-3)17-11(12)13/h4-7,12-13H,1-3H3. The molecule has 0 spiro atoms. The molecule has 17 heavy (non-hydrogen) atoms. The molecule has 0 heterocycles. The van der Waals surface area contributed by atoms with Gasteiger partial charge in [-0.2, -0.15) is 0 Å². The lowest BCUT2D eigenvalue weighted by Crippen LogP contribution is -2.40. The molecule has 1 aromatic carbocycles. The molecule has 6 nitrogen and oxygen atoms in total. The molecule has 0 atom stereocenters. The van der Waals surface area contributed by atoms with E-state index in [4.69, 9.17) is 28.9 Å². The van der Waals surface area contributed by atoms with Gasteiger partial charge in [0.1, 0.15) is 5.75 Å². The average molecular weight is 242 g/mol. The summed E-state index contributed by atoms with van der Waals surface area (Å²) >= 11 is 0. The zero-order valence-corrected chi connectivity index (χ0v) is 9.91. The van der Waals surface area contributed by atoms with Gasteiger partial charge in [-0.1, -0.05) is 12.1 Å². The maximum absolute atomic E-state index is 8.91. The number of ether oxygens (including phenoxy) is 3. The minimum Gasteiger partial charge on any atom is -0.496 e. The lowest BCUT2D eigenvalue weighted by atomic mass is 10.1. The van der Waals surface area contributed by atoms with Crippen LogP contribution in [0.5, 0.6) is 5.75 Å². The van der Waals surface area contributed by atoms with Crippen molar-refractivity contribution in [1.82, 2.24) is 0 Å². The predicted molar refractivity (Wildman–Crippen MR) is 60.0 cm³/mol. The van der Waals surface area contributed by atoms with Crippen LogP contribution in [0.1, 0.15) is 5.56 Å². The molecular formula is C10H15BO6. The molecule has 0 aliphatic heterocycles. The molecule has 0 radical (unpaired) electrons. The van der Waals surface area contributed by atoms with Crippen molar-refractivity contribution in [1.29, 1.82) is 0 Å². The van der Waals surface area contributed by atoms with E-state index in [0.717, 1.165) is 0 Å². The quantitative estimate of drug-likeness (QED) is 0.543. The number of hydrogen-bond donors (Lipinski definition) is 2. The second-order valence-electron chi connectivity index (χ2n) is 3.11. The van der Waals surface area contributed by atoms with E-state index < -0.39 is 13.3 Å². The fraction of sp³-hybridized carbons (Fsp3) is 0.400. The van der Waals surface area contributed by atoms with Crippen molar-refractivity contribution in [3.8, 4) is 5.75 Å². The second-order valence-corrected chi connectivity index (χ2v) is 3.11. The molecule has 0 amide bonds. The Kier molecular flexibility index (Phi) is 4.92. The van der Waals surface area contributed by atoms with Gasteiger partial charge in [0, 0.05) is 14.2 Å². The number of hydrogen-bond acceptors (Lipinski definition) is 6. The number of methoxy groups -OCH3 is 3. The van der Waals surface area contributed by atoms with E-state index in [9.17, 15) is 0 Å². The summed E-state index contributed by atoms with van der Waals surface area (Å²) in [4.78, 5) is 0. The first-order valence-corrected chi connectivity index (χ1v) is 4.87. The Hall–Kier alpha value is -1.12. The van der Waals surface area contributed by atoms with Gasteiger partial charge in [0.25, 0.3) is 0 Å². The third-order valence-electron chi connectivity index (χ3n) is 2.23. The SMILES string of the molecule is COc1ccccc1C(OC)(OC)OB(O)O. The van der Waals surface area contributed by atoms with Gasteiger partial charge in [-0.25, -0.2) is 0 Å². The topological polar surface area (TPSA) is 77.4 Å². The van der Waals surface area contributed by atoms with Crippen LogP contribution in [0.15, 0.2) is 24.3 Å². The Morgan fingerprint density at radius 2 is 1.65 bits per heavy atom. The van der Waals surface area contributed by atoms with Crippen molar-refractivity contribution in [2.75, 3.05) is 21.3 Å². The second kappa shape index (κ2) is 5.99. The van der Waals surface area contributed by atoms with E-state index in [1.165, 1.54) is 21.3 Å². The fourth-order valence-corrected chi connectivity index (χ4v) is 1.50. The minimum absolute atomic E-state index is 0.389. The van der Waals surface area contributed by atoms with E-state index in [-0.39, 0.29) is 0 Å². The molecule has 94 valence electrons. The third kappa shape index (κ3) is 2.96. The summed E-state index contributed by atoms with van der Waals surface area (Å²) in [5.74, 6) is -1.29. The van der Waals surface area contributed by atoms with Crippen molar-refractivity contribution in [2.45, 2.75) is 5.97 Å². The minimum atomic E-state index is -2.04. The van der Waals surface area contributed by atoms with Gasteiger partial charge in [0.05, 0.1) is 12.7 Å². The molecule has 0 saturated carbocycles. The first-order chi connectivity index (χ1) is 8.09. The van der Waals surface area contributed by atoms with Crippen molar-refractivity contribution in [3.05, 3.63) is 29.8 Å². The zero-order valence-electron chi connectivity index (χ0n) is 9.91. The smallest absolute Gasteiger partial charge is 0.496 e. The maximum atomic E-state index is 8.91. The summed E-state index contributed by atoms with van der Waals surface area (Å²) < 4.78 is 20.1. The highest BCUT2D eigenvalue weighted by Crippen LogP contribution is 2.34. The lowest BCUT2D eigenvalue weighted by Gasteiger charge is -2.31. The first kappa shape index (κ1) is 13.9. The van der Waals surface area contributed by atoms with Gasteiger partial charge in [-0.15, -0.1) is 0 Å². The lowest BCUT2D eigenvalue weighted by molar-refractivity contribution is -0.345. The van der Waals surface area contributed by atoms with Crippen LogP contribution in [0.25, 0.3) is 0 Å². The van der Waals surface area contributed by atoms with Gasteiger partial charge in [-0.3, -0.25) is 0 Å². The van der Waals surface area contributed by atoms with E-state index in [0.29, 0.717) is 11.3 Å². The summed E-state index contributed by atoms with van der Waals surface area (Å²) in [6.07, 6.45) is 0. The average Bonchev–Trinajstić information content (AvgIpc) is 2.35. The van der Waals surface area contributed by atoms with Crippen LogP contribution < -0.4 is 4.74 Å². The fourth-order valence-electron chi connectivity index (χ4n) is 1.50. The Balaban J connectivity index is 3.20. The largest absolute Gasteiger partial charge is 0.638 e. The van der Waals surface area contributed by atoms with Crippen molar-refractivity contribution >= 4 is 7.32 Å². The Morgan fingerprint density at radius 1 is 1.06 bits per heavy atom. The van der Waals surface area contributed by atoms with Crippen LogP contribution in [0, 0.1) is 0 Å². The van der Waals surface area contributed by atoms with Gasteiger partial charge in [-0.05, 0) is 12.1 Å². The molecule has 0 aromatic heterocycles. The summed E-state index contributed by atoms with van der Waals surface area (Å²) in [5.41, 5.74) is 0.389. The Morgan fingerprint density at radius 3 is 2.12 bits per heavy atom. The molecular weight excluding hydrogens is 227 g/mol. The van der Waals surface area contributed by atoms with Crippen LogP contribution in [0.3, 0.4) is 0 Å². The zero-order chi connectivity index (χ0) is 12.9. The molecule has 0 unspecified atom stereocenters. The number of benzene rings is 1. The molecule has 0 aliphatic carbocycles. The van der Waals surface area contributed by atoms with Gasteiger partial charge >= 0.3 is 13.3 Å². The van der Waals surface area contributed by atoms with Crippen LogP contribution in [-0.4, -0.2) is 38.7 Å². The first-order valence-electron chi connectivity index (χ1n) is 4.87. The number of rotatable bonds is 6. The summed E-state index contributed by atoms with van der Waals surface area (Å²) in [7, 11) is 2.07. The highest BCUT2D eigenvalue weighted by Gasteiger charge is 2.40. The normalized spacial score (nSPS) is 11.4. The molecule has 0 fully saturated rings. The molecule has 0 aliphatic rings. The summed E-state index contributed by atoms with van der Waals surface area (Å²) in [5, 5.41) is 17.8. The highest BCUT2D eigenvalue weighted by molar-refractivity contribution is 6.32. The molecule has 0 saturated heterocycles. The Bertz CT molecular complexity index is 352. The summed E-state index contributed by atoms with van der Waals surface area (Å²) in [6, 6.07) is 6.79. The van der Waals surface area contributed by atoms with Crippen molar-refractivity contribution < 1.29 is 28.9 Å². The Labute approximate surface area is 99.9 Å². The van der Waals surface area contributed by atoms with Crippen LogP contribution in [0.4, 0.5) is 0 Å². The monoisotopic (exact) mass is 242 g/mol. The third-order valence-corrected chi connectivity index (χ3v) is 2.23. The molecule has 0 bridgehead atoms. The molecule has 1 aromatic rings. The predicted octanol–water partition coefficient (Wildman–Crippen LogP) is 0.0844. The van der Waals surface area contributed by atoms with E-state index in [2.05, 4.69) is 0 Å². The van der Waals surface area contributed by atoms with Crippen LogP contribution in [-0.2, 0) is 20.1 Å². The maximum Gasteiger partial charge on any atom is 0.638 e. The van der Waals surface area contributed by atoms with Crippen LogP contribution in [0.2, 0.25) is 0 Å². The molecule has 2 N–H and O–H groups in total. The van der Waals surface area contributed by atoms with Gasteiger partial charge < -0.3 is 28.9 Å². The van der Waals surface area contributed by atoms with E-state index in [1.807, 2.05) is 0 Å². The van der Waals surface area contributed by atoms with E-state index >= 15 is 0 Å². The number of para-hydroxylation sites is 1. The highest BCUT2D eigenvalue weighted by atomic mass is 16.9. The van der Waals surface area contributed by atoms with E-state index in [1.54, 1.807) is 24.3 Å². The van der Waals surface area contributed by atoms with Gasteiger partial charge in [0.15, 0.2) is 0 Å². The summed E-state index contributed by atoms with van der Waals surface area (Å²) in [6.45, 7) is 0. The molecule has 1 rings (SSSR count). The van der Waals surface area contributed by atoms with Gasteiger partial charge in [0.2, 0.25) is 0 Å². The molecule has 7 heteroatoms. The van der Waals surface area contributed by atoms with Crippen molar-refractivity contribution in [2.24, 2.45) is 0 Å².